The zero-order chi connectivity index (χ0) is 13.9. The van der Waals surface area contributed by atoms with Gasteiger partial charge in [-0.25, -0.2) is 9.97 Å². The molecule has 2 aromatic carbocycles. The Morgan fingerprint density at radius 1 is 1.05 bits per heavy atom. The van der Waals surface area contributed by atoms with Crippen LogP contribution in [-0.4, -0.2) is 9.97 Å². The maximum absolute atomic E-state index is 5.97. The van der Waals surface area contributed by atoms with E-state index in [9.17, 15) is 0 Å². The van der Waals surface area contributed by atoms with Gasteiger partial charge in [0.25, 0.3) is 0 Å². The van der Waals surface area contributed by atoms with Gasteiger partial charge in [-0.05, 0) is 30.3 Å². The van der Waals surface area contributed by atoms with Crippen LogP contribution in [0.1, 0.15) is 5.82 Å². The number of thioether (sulfide) groups is 1. The van der Waals surface area contributed by atoms with Crippen LogP contribution in [-0.2, 0) is 5.75 Å². The molecule has 100 valence electrons. The number of hydrogen-bond acceptors (Lipinski definition) is 4. The Labute approximate surface area is 126 Å². The second-order valence-corrected chi connectivity index (χ2v) is 5.77. The van der Waals surface area contributed by atoms with Crippen molar-refractivity contribution in [1.29, 1.82) is 0 Å². The minimum absolute atomic E-state index is 0.525. The lowest BCUT2D eigenvalue weighted by Gasteiger charge is -2.05. The van der Waals surface area contributed by atoms with E-state index in [-0.39, 0.29) is 0 Å². The zero-order valence-corrected chi connectivity index (χ0v) is 12.2. The number of benzene rings is 2. The third kappa shape index (κ3) is 2.86. The third-order valence-electron chi connectivity index (χ3n) is 2.84. The molecule has 0 saturated heterocycles. The topological polar surface area (TPSA) is 51.8 Å². The highest BCUT2D eigenvalue weighted by molar-refractivity contribution is 7.98. The van der Waals surface area contributed by atoms with Crippen molar-refractivity contribution >= 4 is 40.1 Å². The molecule has 3 nitrogen and oxygen atoms in total. The first-order valence-electron chi connectivity index (χ1n) is 6.12. The van der Waals surface area contributed by atoms with Crippen LogP contribution in [0.2, 0.25) is 5.02 Å². The highest BCUT2D eigenvalue weighted by Gasteiger charge is 2.05. The summed E-state index contributed by atoms with van der Waals surface area (Å²) in [6.45, 7) is 0. The molecular formula is C15H12ClN3S. The first-order chi connectivity index (χ1) is 9.72. The largest absolute Gasteiger partial charge is 0.383 e. The Balaban J connectivity index is 1.84. The molecule has 1 aromatic heterocycles. The molecule has 0 radical (unpaired) electrons. The van der Waals surface area contributed by atoms with Gasteiger partial charge in [0, 0.05) is 15.3 Å². The smallest absolute Gasteiger partial charge is 0.141 e. The van der Waals surface area contributed by atoms with Crippen molar-refractivity contribution in [1.82, 2.24) is 9.97 Å². The average molecular weight is 302 g/mol. The van der Waals surface area contributed by atoms with Crippen LogP contribution in [0.5, 0.6) is 0 Å². The van der Waals surface area contributed by atoms with E-state index >= 15 is 0 Å². The summed E-state index contributed by atoms with van der Waals surface area (Å²) < 4.78 is 0. The molecule has 0 amide bonds. The molecule has 3 rings (SSSR count). The van der Waals surface area contributed by atoms with E-state index in [1.807, 2.05) is 48.5 Å². The molecule has 1 heterocycles. The minimum atomic E-state index is 0.525. The summed E-state index contributed by atoms with van der Waals surface area (Å²) in [4.78, 5) is 9.97. The van der Waals surface area contributed by atoms with E-state index in [4.69, 9.17) is 17.3 Å². The fourth-order valence-corrected chi connectivity index (χ4v) is 2.99. The number of hydrogen-bond donors (Lipinski definition) is 1. The van der Waals surface area contributed by atoms with Gasteiger partial charge in [-0.15, -0.1) is 11.8 Å². The summed E-state index contributed by atoms with van der Waals surface area (Å²) in [6, 6.07) is 15.5. The van der Waals surface area contributed by atoms with Gasteiger partial charge in [-0.3, -0.25) is 0 Å². The summed E-state index contributed by atoms with van der Waals surface area (Å²) in [5, 5.41) is 1.62. The van der Waals surface area contributed by atoms with Crippen molar-refractivity contribution in [2.24, 2.45) is 0 Å². The van der Waals surface area contributed by atoms with Gasteiger partial charge in [0.2, 0.25) is 0 Å². The van der Waals surface area contributed by atoms with Gasteiger partial charge in [-0.1, -0.05) is 29.8 Å². The van der Waals surface area contributed by atoms with Crippen LogP contribution < -0.4 is 5.73 Å². The van der Waals surface area contributed by atoms with E-state index in [2.05, 4.69) is 9.97 Å². The van der Waals surface area contributed by atoms with Crippen LogP contribution in [0.15, 0.2) is 53.4 Å². The first kappa shape index (κ1) is 13.2. The molecule has 0 aliphatic heterocycles. The van der Waals surface area contributed by atoms with Crippen molar-refractivity contribution in [3.8, 4) is 0 Å². The number of nitrogens with zero attached hydrogens (tertiary/aromatic N) is 2. The van der Waals surface area contributed by atoms with Crippen LogP contribution in [0.4, 0.5) is 5.82 Å². The fraction of sp³-hybridized carbons (Fsp3) is 0.0667. The summed E-state index contributed by atoms with van der Waals surface area (Å²) in [6.07, 6.45) is 0. The highest BCUT2D eigenvalue weighted by atomic mass is 35.5. The lowest BCUT2D eigenvalue weighted by Crippen LogP contribution is -1.99. The monoisotopic (exact) mass is 301 g/mol. The van der Waals surface area contributed by atoms with Gasteiger partial charge < -0.3 is 5.73 Å². The van der Waals surface area contributed by atoms with Crippen LogP contribution in [0.25, 0.3) is 10.9 Å². The maximum Gasteiger partial charge on any atom is 0.141 e. The molecule has 0 saturated carbocycles. The van der Waals surface area contributed by atoms with E-state index < -0.39 is 0 Å². The molecule has 0 atom stereocenters. The van der Waals surface area contributed by atoms with E-state index in [1.54, 1.807) is 11.8 Å². The molecule has 0 aliphatic carbocycles. The lowest BCUT2D eigenvalue weighted by molar-refractivity contribution is 1.08. The molecule has 3 aromatic rings. The van der Waals surface area contributed by atoms with Crippen molar-refractivity contribution in [2.45, 2.75) is 10.6 Å². The van der Waals surface area contributed by atoms with Gasteiger partial charge in [0.15, 0.2) is 0 Å². The van der Waals surface area contributed by atoms with Crippen molar-refractivity contribution in [2.75, 3.05) is 5.73 Å². The van der Waals surface area contributed by atoms with E-state index in [0.29, 0.717) is 11.6 Å². The average Bonchev–Trinajstić information content (AvgIpc) is 2.45. The molecule has 0 aliphatic rings. The number of para-hydroxylation sites is 1. The normalized spacial score (nSPS) is 10.8. The maximum atomic E-state index is 5.97. The van der Waals surface area contributed by atoms with Gasteiger partial charge in [0.05, 0.1) is 11.3 Å². The van der Waals surface area contributed by atoms with Crippen molar-refractivity contribution < 1.29 is 0 Å². The van der Waals surface area contributed by atoms with Gasteiger partial charge in [-0.2, -0.15) is 0 Å². The Bertz CT molecular complexity index is 761. The van der Waals surface area contributed by atoms with E-state index in [1.165, 1.54) is 0 Å². The number of fused-ring (bicyclic) bond motifs is 1. The molecule has 0 unspecified atom stereocenters. The van der Waals surface area contributed by atoms with Crippen LogP contribution in [0, 0.1) is 0 Å². The Kier molecular flexibility index (Phi) is 3.76. The fourth-order valence-electron chi connectivity index (χ4n) is 1.92. The number of halogens is 1. The standard InChI is InChI=1S/C15H12ClN3S/c16-10-4-3-5-11(8-10)20-9-14-18-13-7-2-1-6-12(13)15(17)19-14/h1-8H,9H2,(H2,17,18,19). The molecule has 0 fully saturated rings. The first-order valence-corrected chi connectivity index (χ1v) is 7.48. The quantitative estimate of drug-likeness (QED) is 0.738. The number of aromatic nitrogens is 2. The summed E-state index contributed by atoms with van der Waals surface area (Å²) in [7, 11) is 0. The molecule has 2 N–H and O–H groups in total. The van der Waals surface area contributed by atoms with Gasteiger partial charge in [0.1, 0.15) is 11.6 Å². The summed E-state index contributed by atoms with van der Waals surface area (Å²) >= 11 is 7.61. The lowest BCUT2D eigenvalue weighted by atomic mass is 10.2. The predicted octanol–water partition coefficient (Wildman–Crippen LogP) is 4.16. The summed E-state index contributed by atoms with van der Waals surface area (Å²) in [5.41, 5.74) is 6.85. The van der Waals surface area contributed by atoms with Crippen molar-refractivity contribution in [3.05, 3.63) is 59.4 Å². The predicted molar refractivity (Wildman–Crippen MR) is 85.0 cm³/mol. The van der Waals surface area contributed by atoms with Crippen LogP contribution in [0.3, 0.4) is 0 Å². The second kappa shape index (κ2) is 5.69. The Morgan fingerprint density at radius 2 is 1.90 bits per heavy atom. The van der Waals surface area contributed by atoms with Gasteiger partial charge >= 0.3 is 0 Å². The number of rotatable bonds is 3. The minimum Gasteiger partial charge on any atom is -0.383 e. The second-order valence-electron chi connectivity index (χ2n) is 4.29. The number of nitrogen functional groups attached to an aromatic ring is 1. The molecular weight excluding hydrogens is 290 g/mol. The highest BCUT2D eigenvalue weighted by Crippen LogP contribution is 2.25. The molecule has 5 heteroatoms. The molecule has 20 heavy (non-hydrogen) atoms. The third-order valence-corrected chi connectivity index (χ3v) is 4.07. The zero-order valence-electron chi connectivity index (χ0n) is 10.6. The van der Waals surface area contributed by atoms with E-state index in [0.717, 1.165) is 26.6 Å². The Morgan fingerprint density at radius 3 is 2.75 bits per heavy atom. The number of anilines is 1. The SMILES string of the molecule is Nc1nc(CSc2cccc(Cl)c2)nc2ccccc12. The summed E-state index contributed by atoms with van der Waals surface area (Å²) in [5.74, 6) is 1.92. The Hall–Kier alpha value is -1.78. The molecule has 0 bridgehead atoms. The van der Waals surface area contributed by atoms with Crippen LogP contribution >= 0.6 is 23.4 Å². The van der Waals surface area contributed by atoms with Crippen molar-refractivity contribution in [3.63, 3.8) is 0 Å². The number of nitrogens with two attached hydrogens (primary N) is 1. The molecule has 0 spiro atoms.